The molecule has 1 aromatic carbocycles. The van der Waals surface area contributed by atoms with Crippen LogP contribution in [-0.4, -0.2) is 18.7 Å². The molecule has 1 aromatic rings. The van der Waals surface area contributed by atoms with Crippen LogP contribution in [0.1, 0.15) is 19.3 Å². The normalized spacial score (nSPS) is 23.1. The van der Waals surface area contributed by atoms with Crippen molar-refractivity contribution in [2.75, 3.05) is 11.9 Å². The Morgan fingerprint density at radius 3 is 2.71 bits per heavy atom. The molecular formula is C13H17N3O. The minimum Gasteiger partial charge on any atom is -0.479 e. The molecule has 4 nitrogen and oxygen atoms in total. The average Bonchev–Trinajstić information content (AvgIpc) is 2.74. The van der Waals surface area contributed by atoms with E-state index in [0.717, 1.165) is 30.7 Å². The third-order valence-electron chi connectivity index (χ3n) is 3.00. The van der Waals surface area contributed by atoms with Crippen LogP contribution < -0.4 is 15.8 Å². The molecule has 1 fully saturated rings. The van der Waals surface area contributed by atoms with Gasteiger partial charge in [-0.2, -0.15) is 5.26 Å². The third kappa shape index (κ3) is 3.36. The highest BCUT2D eigenvalue weighted by molar-refractivity contribution is 5.47. The molecule has 0 heterocycles. The first-order valence-corrected chi connectivity index (χ1v) is 5.90. The number of benzene rings is 1. The summed E-state index contributed by atoms with van der Waals surface area (Å²) in [5.41, 5.74) is 6.94. The Morgan fingerprint density at radius 2 is 2.12 bits per heavy atom. The minimum atomic E-state index is 0.0876. The third-order valence-corrected chi connectivity index (χ3v) is 3.00. The van der Waals surface area contributed by atoms with E-state index in [9.17, 15) is 0 Å². The second-order valence-electron chi connectivity index (χ2n) is 4.39. The van der Waals surface area contributed by atoms with E-state index in [1.807, 2.05) is 30.3 Å². The molecule has 0 saturated heterocycles. The van der Waals surface area contributed by atoms with Gasteiger partial charge in [0.15, 0.2) is 6.61 Å². The second-order valence-corrected chi connectivity index (χ2v) is 4.39. The molecule has 90 valence electrons. The largest absolute Gasteiger partial charge is 0.479 e. The van der Waals surface area contributed by atoms with Crippen LogP contribution in [0.4, 0.5) is 5.69 Å². The lowest BCUT2D eigenvalue weighted by Gasteiger charge is -2.14. The van der Waals surface area contributed by atoms with E-state index in [1.54, 1.807) is 0 Å². The summed E-state index contributed by atoms with van der Waals surface area (Å²) < 4.78 is 5.19. The highest BCUT2D eigenvalue weighted by Crippen LogP contribution is 2.23. The zero-order valence-corrected chi connectivity index (χ0v) is 9.73. The van der Waals surface area contributed by atoms with Crippen molar-refractivity contribution in [1.29, 1.82) is 5.26 Å². The van der Waals surface area contributed by atoms with Gasteiger partial charge in [-0.1, -0.05) is 0 Å². The van der Waals surface area contributed by atoms with Gasteiger partial charge in [-0.3, -0.25) is 0 Å². The molecule has 0 amide bonds. The molecule has 3 N–H and O–H groups in total. The predicted octanol–water partition coefficient (Wildman–Crippen LogP) is 1.88. The van der Waals surface area contributed by atoms with E-state index < -0.39 is 0 Å². The van der Waals surface area contributed by atoms with Gasteiger partial charge in [-0.25, -0.2) is 0 Å². The summed E-state index contributed by atoms with van der Waals surface area (Å²) in [5.74, 6) is 0.722. The lowest BCUT2D eigenvalue weighted by molar-refractivity contribution is 0.368. The number of nitrogens with zero attached hydrogens (tertiary/aromatic N) is 1. The summed E-state index contributed by atoms with van der Waals surface area (Å²) in [6.45, 7) is 0.0876. The van der Waals surface area contributed by atoms with Crippen molar-refractivity contribution in [3.8, 4) is 11.8 Å². The van der Waals surface area contributed by atoms with Crippen LogP contribution in [0.5, 0.6) is 5.75 Å². The smallest absolute Gasteiger partial charge is 0.174 e. The van der Waals surface area contributed by atoms with Gasteiger partial charge in [0, 0.05) is 17.8 Å². The Kier molecular flexibility index (Phi) is 3.84. The van der Waals surface area contributed by atoms with Gasteiger partial charge in [0.2, 0.25) is 0 Å². The zero-order chi connectivity index (χ0) is 12.1. The van der Waals surface area contributed by atoms with E-state index in [1.165, 1.54) is 0 Å². The molecule has 0 bridgehead atoms. The Balaban J connectivity index is 1.87. The summed E-state index contributed by atoms with van der Waals surface area (Å²) in [6.07, 6.45) is 3.27. The standard InChI is InChI=1S/C13H17N3O/c14-7-8-17-13-5-3-11(4-6-13)16-12-2-1-10(15)9-12/h3-6,10,12,16H,1-2,8-9,15H2. The van der Waals surface area contributed by atoms with Crippen LogP contribution in [-0.2, 0) is 0 Å². The van der Waals surface area contributed by atoms with Gasteiger partial charge in [0.25, 0.3) is 0 Å². The van der Waals surface area contributed by atoms with Gasteiger partial charge >= 0.3 is 0 Å². The van der Waals surface area contributed by atoms with Crippen LogP contribution >= 0.6 is 0 Å². The first-order valence-electron chi connectivity index (χ1n) is 5.90. The highest BCUT2D eigenvalue weighted by atomic mass is 16.5. The second kappa shape index (κ2) is 5.55. The van der Waals surface area contributed by atoms with Crippen LogP contribution in [0.2, 0.25) is 0 Å². The molecule has 0 aromatic heterocycles. The van der Waals surface area contributed by atoms with Crippen molar-refractivity contribution in [3.63, 3.8) is 0 Å². The fourth-order valence-corrected chi connectivity index (χ4v) is 2.15. The fourth-order valence-electron chi connectivity index (χ4n) is 2.15. The van der Waals surface area contributed by atoms with Gasteiger partial charge in [-0.05, 0) is 43.5 Å². The Bertz CT molecular complexity index is 396. The average molecular weight is 231 g/mol. The number of hydrogen-bond donors (Lipinski definition) is 2. The van der Waals surface area contributed by atoms with Crippen LogP contribution in [0.3, 0.4) is 0 Å². The summed E-state index contributed by atoms with van der Waals surface area (Å²) in [4.78, 5) is 0. The van der Waals surface area contributed by atoms with Crippen molar-refractivity contribution in [3.05, 3.63) is 24.3 Å². The monoisotopic (exact) mass is 231 g/mol. The first-order chi connectivity index (χ1) is 8.28. The Labute approximate surface area is 101 Å². The molecule has 1 saturated carbocycles. The molecule has 2 unspecified atom stereocenters. The molecule has 2 atom stereocenters. The van der Waals surface area contributed by atoms with Crippen LogP contribution in [0.25, 0.3) is 0 Å². The van der Waals surface area contributed by atoms with Crippen molar-refractivity contribution in [2.24, 2.45) is 5.73 Å². The molecule has 0 radical (unpaired) electrons. The quantitative estimate of drug-likeness (QED) is 0.830. The maximum atomic E-state index is 8.40. The molecule has 1 aliphatic carbocycles. The number of nitriles is 1. The van der Waals surface area contributed by atoms with E-state index >= 15 is 0 Å². The van der Waals surface area contributed by atoms with E-state index in [2.05, 4.69) is 5.32 Å². The molecular weight excluding hydrogens is 214 g/mol. The zero-order valence-electron chi connectivity index (χ0n) is 9.73. The maximum Gasteiger partial charge on any atom is 0.174 e. The number of anilines is 1. The topological polar surface area (TPSA) is 71.1 Å². The van der Waals surface area contributed by atoms with Crippen molar-refractivity contribution >= 4 is 5.69 Å². The predicted molar refractivity (Wildman–Crippen MR) is 66.8 cm³/mol. The summed E-state index contributed by atoms with van der Waals surface area (Å²) in [7, 11) is 0. The molecule has 2 rings (SSSR count). The fraction of sp³-hybridized carbons (Fsp3) is 0.462. The van der Waals surface area contributed by atoms with E-state index in [-0.39, 0.29) is 6.61 Å². The number of hydrogen-bond acceptors (Lipinski definition) is 4. The van der Waals surface area contributed by atoms with Crippen LogP contribution in [0.15, 0.2) is 24.3 Å². The van der Waals surface area contributed by atoms with E-state index in [0.29, 0.717) is 12.1 Å². The molecule has 0 aliphatic heterocycles. The summed E-state index contributed by atoms with van der Waals surface area (Å²) in [5, 5.41) is 11.9. The molecule has 4 heteroatoms. The number of ether oxygens (including phenoxy) is 1. The Hall–Kier alpha value is -1.73. The molecule has 1 aliphatic rings. The SMILES string of the molecule is N#CCOc1ccc(NC2CCC(N)C2)cc1. The van der Waals surface area contributed by atoms with E-state index in [4.69, 9.17) is 15.7 Å². The maximum absolute atomic E-state index is 8.40. The summed E-state index contributed by atoms with van der Waals surface area (Å²) in [6, 6.07) is 10.4. The van der Waals surface area contributed by atoms with Gasteiger partial charge in [0.1, 0.15) is 11.8 Å². The van der Waals surface area contributed by atoms with Gasteiger partial charge in [-0.15, -0.1) is 0 Å². The van der Waals surface area contributed by atoms with Crippen molar-refractivity contribution in [1.82, 2.24) is 0 Å². The van der Waals surface area contributed by atoms with Crippen molar-refractivity contribution in [2.45, 2.75) is 31.3 Å². The molecule has 0 spiro atoms. The van der Waals surface area contributed by atoms with Crippen molar-refractivity contribution < 1.29 is 4.74 Å². The lowest BCUT2D eigenvalue weighted by atomic mass is 10.2. The summed E-state index contributed by atoms with van der Waals surface area (Å²) >= 11 is 0. The van der Waals surface area contributed by atoms with Gasteiger partial charge < -0.3 is 15.8 Å². The van der Waals surface area contributed by atoms with Gasteiger partial charge in [0.05, 0.1) is 0 Å². The minimum absolute atomic E-state index is 0.0876. The Morgan fingerprint density at radius 1 is 1.35 bits per heavy atom. The van der Waals surface area contributed by atoms with Crippen LogP contribution in [0, 0.1) is 11.3 Å². The first kappa shape index (κ1) is 11.7. The lowest BCUT2D eigenvalue weighted by Crippen LogP contribution is -2.20. The highest BCUT2D eigenvalue weighted by Gasteiger charge is 2.21. The molecule has 17 heavy (non-hydrogen) atoms. The number of nitrogens with one attached hydrogen (secondary N) is 1. The number of rotatable bonds is 4. The number of nitrogens with two attached hydrogens (primary N) is 1.